The van der Waals surface area contributed by atoms with Crippen LogP contribution in [-0.2, 0) is 10.0 Å². The SMILES string of the molecule is NNc1ccc(C(=O)Nc2cccc(S(N)(=O)=O)c2)cc1. The van der Waals surface area contributed by atoms with Crippen LogP contribution in [0, 0.1) is 0 Å². The second kappa shape index (κ2) is 5.92. The van der Waals surface area contributed by atoms with E-state index in [-0.39, 0.29) is 10.8 Å². The van der Waals surface area contributed by atoms with Crippen molar-refractivity contribution in [3.05, 3.63) is 54.1 Å². The van der Waals surface area contributed by atoms with Gasteiger partial charge in [-0.2, -0.15) is 0 Å². The number of carbonyl (C=O) groups is 1. The molecule has 21 heavy (non-hydrogen) atoms. The molecule has 0 unspecified atom stereocenters. The number of hydrazine groups is 1. The maximum absolute atomic E-state index is 12.0. The average Bonchev–Trinajstić information content (AvgIpc) is 2.47. The molecule has 0 aliphatic heterocycles. The summed E-state index contributed by atoms with van der Waals surface area (Å²) >= 11 is 0. The van der Waals surface area contributed by atoms with Crippen molar-refractivity contribution < 1.29 is 13.2 Å². The van der Waals surface area contributed by atoms with Crippen LogP contribution in [0.3, 0.4) is 0 Å². The highest BCUT2D eigenvalue weighted by molar-refractivity contribution is 7.89. The lowest BCUT2D eigenvalue weighted by Gasteiger charge is -2.07. The van der Waals surface area contributed by atoms with Gasteiger partial charge >= 0.3 is 0 Å². The molecule has 0 aliphatic rings. The first-order valence-electron chi connectivity index (χ1n) is 5.91. The zero-order chi connectivity index (χ0) is 15.5. The Morgan fingerprint density at radius 3 is 2.24 bits per heavy atom. The van der Waals surface area contributed by atoms with Crippen LogP contribution in [0.15, 0.2) is 53.4 Å². The number of anilines is 2. The zero-order valence-electron chi connectivity index (χ0n) is 10.9. The molecule has 2 aromatic carbocycles. The van der Waals surface area contributed by atoms with Crippen LogP contribution in [0.1, 0.15) is 10.4 Å². The quantitative estimate of drug-likeness (QED) is 0.492. The lowest BCUT2D eigenvalue weighted by atomic mass is 10.2. The van der Waals surface area contributed by atoms with E-state index >= 15 is 0 Å². The van der Waals surface area contributed by atoms with Crippen LogP contribution in [0.25, 0.3) is 0 Å². The zero-order valence-corrected chi connectivity index (χ0v) is 11.7. The number of rotatable bonds is 4. The average molecular weight is 306 g/mol. The third-order valence-electron chi connectivity index (χ3n) is 2.73. The van der Waals surface area contributed by atoms with Gasteiger partial charge in [0.15, 0.2) is 0 Å². The summed E-state index contributed by atoms with van der Waals surface area (Å²) in [6.45, 7) is 0. The number of sulfonamides is 1. The number of carbonyl (C=O) groups excluding carboxylic acids is 1. The van der Waals surface area contributed by atoms with Crippen LogP contribution in [0.2, 0.25) is 0 Å². The lowest BCUT2D eigenvalue weighted by molar-refractivity contribution is 0.102. The Balaban J connectivity index is 2.19. The number of hydrogen-bond acceptors (Lipinski definition) is 5. The number of benzene rings is 2. The molecule has 0 saturated carbocycles. The minimum Gasteiger partial charge on any atom is -0.324 e. The molecule has 0 aromatic heterocycles. The van der Waals surface area contributed by atoms with Crippen molar-refractivity contribution in [2.75, 3.05) is 10.7 Å². The summed E-state index contributed by atoms with van der Waals surface area (Å²) in [7, 11) is -3.81. The van der Waals surface area contributed by atoms with Crippen molar-refractivity contribution in [1.82, 2.24) is 0 Å². The molecule has 0 bridgehead atoms. The summed E-state index contributed by atoms with van der Waals surface area (Å²) in [4.78, 5) is 12.0. The maximum Gasteiger partial charge on any atom is 0.255 e. The number of nitrogens with one attached hydrogen (secondary N) is 2. The van der Waals surface area contributed by atoms with Crippen molar-refractivity contribution in [2.45, 2.75) is 4.90 Å². The highest BCUT2D eigenvalue weighted by Gasteiger charge is 2.10. The van der Waals surface area contributed by atoms with Gasteiger partial charge in [-0.3, -0.25) is 10.6 Å². The van der Waals surface area contributed by atoms with Crippen molar-refractivity contribution >= 4 is 27.3 Å². The minimum atomic E-state index is -3.81. The van der Waals surface area contributed by atoms with Gasteiger partial charge in [-0.25, -0.2) is 13.6 Å². The summed E-state index contributed by atoms with van der Waals surface area (Å²) in [6, 6.07) is 12.2. The second-order valence-electron chi connectivity index (χ2n) is 4.25. The van der Waals surface area contributed by atoms with E-state index in [2.05, 4.69) is 10.7 Å². The lowest BCUT2D eigenvalue weighted by Crippen LogP contribution is -2.15. The van der Waals surface area contributed by atoms with Crippen LogP contribution in [0.5, 0.6) is 0 Å². The molecule has 6 N–H and O–H groups in total. The van der Waals surface area contributed by atoms with Crippen LogP contribution in [0.4, 0.5) is 11.4 Å². The standard InChI is InChI=1S/C13H14N4O3S/c14-17-10-6-4-9(5-7-10)13(18)16-11-2-1-3-12(8-11)21(15,19)20/h1-8,17H,14H2,(H,16,18)(H2,15,19,20). The molecule has 0 radical (unpaired) electrons. The number of nitrogen functional groups attached to an aromatic ring is 1. The van der Waals surface area contributed by atoms with Crippen LogP contribution >= 0.6 is 0 Å². The van der Waals surface area contributed by atoms with Gasteiger partial charge in [0.1, 0.15) is 0 Å². The molecular weight excluding hydrogens is 292 g/mol. The highest BCUT2D eigenvalue weighted by atomic mass is 32.2. The Morgan fingerprint density at radius 2 is 1.67 bits per heavy atom. The highest BCUT2D eigenvalue weighted by Crippen LogP contribution is 2.16. The van der Waals surface area contributed by atoms with E-state index in [4.69, 9.17) is 11.0 Å². The van der Waals surface area contributed by atoms with Crippen molar-refractivity contribution in [3.8, 4) is 0 Å². The molecule has 7 nitrogen and oxygen atoms in total. The third kappa shape index (κ3) is 3.78. The monoisotopic (exact) mass is 306 g/mol. The minimum absolute atomic E-state index is 0.0667. The Kier molecular flexibility index (Phi) is 4.22. The van der Waals surface area contributed by atoms with Gasteiger partial charge in [-0.15, -0.1) is 0 Å². The van der Waals surface area contributed by atoms with Crippen molar-refractivity contribution in [1.29, 1.82) is 0 Å². The van der Waals surface area contributed by atoms with Crippen molar-refractivity contribution in [2.24, 2.45) is 11.0 Å². The van der Waals surface area contributed by atoms with E-state index < -0.39 is 10.0 Å². The Hall–Kier alpha value is -2.42. The summed E-state index contributed by atoms with van der Waals surface area (Å²) in [6.07, 6.45) is 0. The van der Waals surface area contributed by atoms with Gasteiger partial charge in [-0.1, -0.05) is 6.07 Å². The molecule has 2 rings (SSSR count). The smallest absolute Gasteiger partial charge is 0.255 e. The molecule has 8 heteroatoms. The fourth-order valence-corrected chi connectivity index (χ4v) is 2.23. The molecule has 0 heterocycles. The van der Waals surface area contributed by atoms with Crippen LogP contribution in [-0.4, -0.2) is 14.3 Å². The van der Waals surface area contributed by atoms with Gasteiger partial charge in [0.2, 0.25) is 10.0 Å². The normalized spacial score (nSPS) is 11.0. The van der Waals surface area contributed by atoms with Crippen LogP contribution < -0.4 is 21.7 Å². The largest absolute Gasteiger partial charge is 0.324 e. The topological polar surface area (TPSA) is 127 Å². The number of amides is 1. The Morgan fingerprint density at radius 1 is 1.00 bits per heavy atom. The molecule has 0 spiro atoms. The van der Waals surface area contributed by atoms with E-state index in [1.807, 2.05) is 0 Å². The van der Waals surface area contributed by atoms with E-state index in [1.54, 1.807) is 30.3 Å². The molecule has 0 atom stereocenters. The summed E-state index contributed by atoms with van der Waals surface area (Å²) in [5, 5.41) is 7.64. The fourth-order valence-electron chi connectivity index (χ4n) is 1.67. The van der Waals surface area contributed by atoms with E-state index in [1.165, 1.54) is 18.2 Å². The van der Waals surface area contributed by atoms with E-state index in [0.717, 1.165) is 0 Å². The maximum atomic E-state index is 12.0. The van der Waals surface area contributed by atoms with E-state index in [9.17, 15) is 13.2 Å². The molecule has 1 amide bonds. The summed E-state index contributed by atoms with van der Waals surface area (Å²) in [5.41, 5.74) is 3.88. The molecule has 2 aromatic rings. The Labute approximate surface area is 122 Å². The second-order valence-corrected chi connectivity index (χ2v) is 5.81. The van der Waals surface area contributed by atoms with Gasteiger partial charge in [0.25, 0.3) is 5.91 Å². The molecular formula is C13H14N4O3S. The number of nitrogens with two attached hydrogens (primary N) is 2. The Bertz CT molecular complexity index is 757. The third-order valence-corrected chi connectivity index (χ3v) is 3.65. The first-order valence-corrected chi connectivity index (χ1v) is 7.46. The van der Waals surface area contributed by atoms with Crippen molar-refractivity contribution in [3.63, 3.8) is 0 Å². The molecule has 0 fully saturated rings. The number of primary sulfonamides is 1. The van der Waals surface area contributed by atoms with Gasteiger partial charge < -0.3 is 10.7 Å². The van der Waals surface area contributed by atoms with E-state index in [0.29, 0.717) is 16.9 Å². The first kappa shape index (κ1) is 15.0. The molecule has 0 aliphatic carbocycles. The predicted molar refractivity (Wildman–Crippen MR) is 80.0 cm³/mol. The van der Waals surface area contributed by atoms with Gasteiger partial charge in [0, 0.05) is 16.9 Å². The molecule has 0 saturated heterocycles. The predicted octanol–water partition coefficient (Wildman–Crippen LogP) is 0.872. The summed E-state index contributed by atoms with van der Waals surface area (Å²) < 4.78 is 22.5. The summed E-state index contributed by atoms with van der Waals surface area (Å²) in [5.74, 6) is 4.87. The first-order chi connectivity index (χ1) is 9.90. The fraction of sp³-hybridized carbons (Fsp3) is 0. The number of hydrogen-bond donors (Lipinski definition) is 4. The van der Waals surface area contributed by atoms with Gasteiger partial charge in [-0.05, 0) is 42.5 Å². The molecule has 110 valence electrons. The van der Waals surface area contributed by atoms with Gasteiger partial charge in [0.05, 0.1) is 4.90 Å².